The molecule has 2 aromatic heterocycles. The number of carbonyl (C=O) groups is 1. The van der Waals surface area contributed by atoms with E-state index in [1.807, 2.05) is 6.07 Å². The van der Waals surface area contributed by atoms with E-state index < -0.39 is 0 Å². The van der Waals surface area contributed by atoms with Gasteiger partial charge in [-0.25, -0.2) is 0 Å². The summed E-state index contributed by atoms with van der Waals surface area (Å²) in [4.78, 5) is 13.1. The summed E-state index contributed by atoms with van der Waals surface area (Å²) >= 11 is 0. The van der Waals surface area contributed by atoms with Crippen LogP contribution >= 0.6 is 0 Å². The first kappa shape index (κ1) is 12.1. The van der Waals surface area contributed by atoms with E-state index in [0.717, 1.165) is 5.56 Å². The third kappa shape index (κ3) is 2.85. The quantitative estimate of drug-likeness (QED) is 0.882. The number of hydrogen-bond donors (Lipinski definition) is 1. The average molecular weight is 246 g/mol. The van der Waals surface area contributed by atoms with Crippen molar-refractivity contribution in [3.63, 3.8) is 0 Å². The molecule has 2 aromatic rings. The molecule has 0 saturated carbocycles. The van der Waals surface area contributed by atoms with Gasteiger partial charge in [0.25, 0.3) is 5.91 Å². The van der Waals surface area contributed by atoms with E-state index in [2.05, 4.69) is 15.5 Å². The molecule has 0 aliphatic heterocycles. The normalized spacial score (nSPS) is 10.1. The topological polar surface area (TPSA) is 71.3 Å². The molecule has 0 aliphatic rings. The molecule has 1 N–H and O–H groups in total. The summed E-state index contributed by atoms with van der Waals surface area (Å²) in [7, 11) is 3.35. The number of hydrogen-bond acceptors (Lipinski definition) is 5. The predicted octanol–water partition coefficient (Wildman–Crippen LogP) is 1.38. The lowest BCUT2D eigenvalue weighted by molar-refractivity contribution is 0.0821. The van der Waals surface area contributed by atoms with Gasteiger partial charge in [0.15, 0.2) is 5.69 Å². The largest absolute Gasteiger partial charge is 0.472 e. The van der Waals surface area contributed by atoms with Crippen LogP contribution in [0.15, 0.2) is 35.1 Å². The molecule has 6 heteroatoms. The first-order chi connectivity index (χ1) is 8.66. The Morgan fingerprint density at radius 3 is 2.72 bits per heavy atom. The van der Waals surface area contributed by atoms with Crippen LogP contribution in [0.1, 0.15) is 16.1 Å². The highest BCUT2D eigenvalue weighted by atomic mass is 16.3. The number of amides is 1. The van der Waals surface area contributed by atoms with Crippen molar-refractivity contribution in [3.05, 3.63) is 42.0 Å². The van der Waals surface area contributed by atoms with Crippen molar-refractivity contribution in [2.75, 3.05) is 19.4 Å². The van der Waals surface area contributed by atoms with Crippen LogP contribution in [0, 0.1) is 0 Å². The molecule has 0 atom stereocenters. The molecule has 2 heterocycles. The number of aromatic nitrogens is 2. The molecular weight excluding hydrogens is 232 g/mol. The van der Waals surface area contributed by atoms with Crippen LogP contribution in [-0.2, 0) is 6.54 Å². The third-order valence-corrected chi connectivity index (χ3v) is 2.34. The van der Waals surface area contributed by atoms with Crippen LogP contribution in [0.4, 0.5) is 5.82 Å². The van der Waals surface area contributed by atoms with Gasteiger partial charge in [-0.2, -0.15) is 0 Å². The Bertz CT molecular complexity index is 505. The van der Waals surface area contributed by atoms with Crippen LogP contribution in [0.25, 0.3) is 0 Å². The monoisotopic (exact) mass is 246 g/mol. The highest BCUT2D eigenvalue weighted by Gasteiger charge is 2.09. The number of nitrogens with one attached hydrogen (secondary N) is 1. The Balaban J connectivity index is 1.97. The minimum absolute atomic E-state index is 0.163. The molecule has 18 heavy (non-hydrogen) atoms. The minimum Gasteiger partial charge on any atom is -0.472 e. The van der Waals surface area contributed by atoms with Gasteiger partial charge in [0.05, 0.1) is 12.5 Å². The van der Waals surface area contributed by atoms with Gasteiger partial charge in [-0.3, -0.25) is 4.79 Å². The van der Waals surface area contributed by atoms with Crippen molar-refractivity contribution in [1.82, 2.24) is 15.1 Å². The van der Waals surface area contributed by atoms with E-state index in [4.69, 9.17) is 4.42 Å². The van der Waals surface area contributed by atoms with Gasteiger partial charge in [0.2, 0.25) is 0 Å². The SMILES string of the molecule is CN(C)C(=O)c1ccc(NCc2ccoc2)nn1. The third-order valence-electron chi connectivity index (χ3n) is 2.34. The minimum atomic E-state index is -0.163. The molecule has 0 unspecified atom stereocenters. The number of anilines is 1. The lowest BCUT2D eigenvalue weighted by Gasteiger charge is -2.09. The average Bonchev–Trinajstić information content (AvgIpc) is 2.89. The maximum absolute atomic E-state index is 11.6. The first-order valence-electron chi connectivity index (χ1n) is 5.47. The van der Waals surface area contributed by atoms with Gasteiger partial charge in [0.1, 0.15) is 5.82 Å². The molecule has 0 bridgehead atoms. The molecule has 0 aliphatic carbocycles. The smallest absolute Gasteiger partial charge is 0.273 e. The van der Waals surface area contributed by atoms with Crippen molar-refractivity contribution in [2.24, 2.45) is 0 Å². The number of rotatable bonds is 4. The molecule has 1 amide bonds. The van der Waals surface area contributed by atoms with Crippen LogP contribution < -0.4 is 5.32 Å². The molecule has 0 saturated heterocycles. The van der Waals surface area contributed by atoms with Crippen molar-refractivity contribution >= 4 is 11.7 Å². The van der Waals surface area contributed by atoms with E-state index in [1.54, 1.807) is 38.8 Å². The Kier molecular flexibility index (Phi) is 3.57. The highest BCUT2D eigenvalue weighted by molar-refractivity contribution is 5.91. The van der Waals surface area contributed by atoms with Crippen LogP contribution in [0.5, 0.6) is 0 Å². The van der Waals surface area contributed by atoms with Gasteiger partial charge in [-0.15, -0.1) is 10.2 Å². The fourth-order valence-corrected chi connectivity index (χ4v) is 1.36. The van der Waals surface area contributed by atoms with Crippen molar-refractivity contribution < 1.29 is 9.21 Å². The Morgan fingerprint density at radius 1 is 1.33 bits per heavy atom. The molecule has 2 rings (SSSR count). The Labute approximate surface area is 105 Å². The van der Waals surface area contributed by atoms with Crippen molar-refractivity contribution in [2.45, 2.75) is 6.54 Å². The molecule has 0 fully saturated rings. The van der Waals surface area contributed by atoms with Crippen LogP contribution in [0.3, 0.4) is 0 Å². The van der Waals surface area contributed by atoms with Gasteiger partial charge in [-0.1, -0.05) is 0 Å². The molecule has 6 nitrogen and oxygen atoms in total. The zero-order chi connectivity index (χ0) is 13.0. The number of furan rings is 1. The van der Waals surface area contributed by atoms with Gasteiger partial charge in [0, 0.05) is 26.2 Å². The Hall–Kier alpha value is -2.37. The van der Waals surface area contributed by atoms with E-state index in [1.165, 1.54) is 4.90 Å². The summed E-state index contributed by atoms with van der Waals surface area (Å²) in [6, 6.07) is 5.24. The molecule has 0 radical (unpaired) electrons. The van der Waals surface area contributed by atoms with E-state index in [-0.39, 0.29) is 5.91 Å². The molecule has 0 aromatic carbocycles. The summed E-state index contributed by atoms with van der Waals surface area (Å²) in [5, 5.41) is 10.9. The van der Waals surface area contributed by atoms with Crippen LogP contribution in [0.2, 0.25) is 0 Å². The van der Waals surface area contributed by atoms with Crippen molar-refractivity contribution in [1.29, 1.82) is 0 Å². The number of carbonyl (C=O) groups excluding carboxylic acids is 1. The molecule has 0 spiro atoms. The fourth-order valence-electron chi connectivity index (χ4n) is 1.36. The first-order valence-corrected chi connectivity index (χ1v) is 5.47. The summed E-state index contributed by atoms with van der Waals surface area (Å²) in [6.07, 6.45) is 3.27. The van der Waals surface area contributed by atoms with E-state index in [9.17, 15) is 4.79 Å². The lowest BCUT2D eigenvalue weighted by Crippen LogP contribution is -2.23. The van der Waals surface area contributed by atoms with Gasteiger partial charge < -0.3 is 14.6 Å². The summed E-state index contributed by atoms with van der Waals surface area (Å²) in [5.41, 5.74) is 1.35. The standard InChI is InChI=1S/C12H14N4O2/c1-16(2)12(17)10-3-4-11(15-14-10)13-7-9-5-6-18-8-9/h3-6,8H,7H2,1-2H3,(H,13,15). The van der Waals surface area contributed by atoms with E-state index >= 15 is 0 Å². The second-order valence-corrected chi connectivity index (χ2v) is 3.99. The lowest BCUT2D eigenvalue weighted by atomic mass is 10.3. The second-order valence-electron chi connectivity index (χ2n) is 3.99. The summed E-state index contributed by atoms with van der Waals surface area (Å²) in [5.74, 6) is 0.454. The molecular formula is C12H14N4O2. The zero-order valence-corrected chi connectivity index (χ0v) is 10.3. The highest BCUT2D eigenvalue weighted by Crippen LogP contribution is 2.07. The van der Waals surface area contributed by atoms with Gasteiger partial charge >= 0.3 is 0 Å². The van der Waals surface area contributed by atoms with Crippen molar-refractivity contribution in [3.8, 4) is 0 Å². The van der Waals surface area contributed by atoms with Crippen LogP contribution in [-0.4, -0.2) is 35.1 Å². The maximum atomic E-state index is 11.6. The zero-order valence-electron chi connectivity index (χ0n) is 10.3. The predicted molar refractivity (Wildman–Crippen MR) is 66.1 cm³/mol. The Morgan fingerprint density at radius 2 is 2.17 bits per heavy atom. The molecule has 94 valence electrons. The van der Waals surface area contributed by atoms with Gasteiger partial charge in [-0.05, 0) is 18.2 Å². The summed E-state index contributed by atoms with van der Waals surface area (Å²) < 4.78 is 4.95. The van der Waals surface area contributed by atoms with E-state index in [0.29, 0.717) is 18.1 Å². The second kappa shape index (κ2) is 5.31. The maximum Gasteiger partial charge on any atom is 0.273 e. The summed E-state index contributed by atoms with van der Waals surface area (Å²) in [6.45, 7) is 0.603. The fraction of sp³-hybridized carbons (Fsp3) is 0.250. The number of nitrogens with zero attached hydrogens (tertiary/aromatic N) is 3.